The third kappa shape index (κ3) is 2.92. The fourth-order valence-electron chi connectivity index (χ4n) is 2.43. The summed E-state index contributed by atoms with van der Waals surface area (Å²) in [4.78, 5) is 10.9. The normalized spacial score (nSPS) is 32.1. The van der Waals surface area contributed by atoms with Crippen LogP contribution >= 0.6 is 0 Å². The molecule has 2 fully saturated rings. The Balaban J connectivity index is 1.81. The van der Waals surface area contributed by atoms with Crippen LogP contribution in [0, 0.1) is 5.92 Å². The largest absolute Gasteiger partial charge is 0.462 e. The minimum absolute atomic E-state index is 0.0776. The van der Waals surface area contributed by atoms with Crippen molar-refractivity contribution in [1.29, 1.82) is 0 Å². The monoisotopic (exact) mass is 214 g/mol. The molecule has 15 heavy (non-hydrogen) atoms. The van der Waals surface area contributed by atoms with Crippen LogP contribution in [-0.4, -0.2) is 31.6 Å². The Hall–Kier alpha value is -0.610. The Morgan fingerprint density at radius 2 is 2.07 bits per heavy atom. The van der Waals surface area contributed by atoms with Crippen LogP contribution in [0.1, 0.15) is 32.6 Å². The molecule has 1 aliphatic heterocycles. The maximum Gasteiger partial charge on any atom is 0.302 e. The summed E-state index contributed by atoms with van der Waals surface area (Å²) in [6.07, 6.45) is 4.09. The first-order valence-electron chi connectivity index (χ1n) is 5.66. The lowest BCUT2D eigenvalue weighted by Crippen LogP contribution is -2.25. The molecule has 4 heteroatoms. The summed E-state index contributed by atoms with van der Waals surface area (Å²) in [6.45, 7) is 2.85. The van der Waals surface area contributed by atoms with Gasteiger partial charge in [-0.3, -0.25) is 4.79 Å². The predicted molar refractivity (Wildman–Crippen MR) is 53.2 cm³/mol. The van der Waals surface area contributed by atoms with Gasteiger partial charge in [0.2, 0.25) is 0 Å². The number of rotatable bonds is 3. The molecule has 0 unspecified atom stereocenters. The molecule has 0 N–H and O–H groups in total. The van der Waals surface area contributed by atoms with Gasteiger partial charge in [-0.1, -0.05) is 0 Å². The van der Waals surface area contributed by atoms with E-state index in [1.807, 2.05) is 0 Å². The number of hydrogen-bond acceptors (Lipinski definition) is 4. The van der Waals surface area contributed by atoms with E-state index in [4.69, 9.17) is 14.2 Å². The summed E-state index contributed by atoms with van der Waals surface area (Å²) in [6, 6.07) is 0. The molecule has 0 bridgehead atoms. The van der Waals surface area contributed by atoms with Gasteiger partial charge in [-0.25, -0.2) is 0 Å². The van der Waals surface area contributed by atoms with Crippen LogP contribution in [0.4, 0.5) is 0 Å². The standard InChI is InChI=1S/C11H18O4/c1-8(12)15-10-4-2-3-9(10)7-11-13-5-6-14-11/h9-11H,2-7H2,1H3/t9-,10-/m0/s1. The average Bonchev–Trinajstić information content (AvgIpc) is 2.78. The molecule has 1 saturated carbocycles. The van der Waals surface area contributed by atoms with Crippen molar-refractivity contribution in [2.45, 2.75) is 45.0 Å². The van der Waals surface area contributed by atoms with Gasteiger partial charge in [-0.05, 0) is 19.3 Å². The van der Waals surface area contributed by atoms with Gasteiger partial charge in [0, 0.05) is 19.3 Å². The molecule has 2 atom stereocenters. The van der Waals surface area contributed by atoms with Gasteiger partial charge in [0.1, 0.15) is 6.10 Å². The average molecular weight is 214 g/mol. The second-order valence-corrected chi connectivity index (χ2v) is 4.25. The Labute approximate surface area is 89.9 Å². The lowest BCUT2D eigenvalue weighted by atomic mass is 10.0. The molecule has 1 saturated heterocycles. The minimum atomic E-state index is -0.180. The summed E-state index contributed by atoms with van der Waals surface area (Å²) < 4.78 is 16.1. The fraction of sp³-hybridized carbons (Fsp3) is 0.909. The SMILES string of the molecule is CC(=O)O[C@H]1CCC[C@H]1CC1OCCO1. The lowest BCUT2D eigenvalue weighted by molar-refractivity contribution is -0.150. The lowest BCUT2D eigenvalue weighted by Gasteiger charge is -2.21. The molecule has 0 aromatic rings. The Morgan fingerprint density at radius 1 is 1.33 bits per heavy atom. The van der Waals surface area contributed by atoms with Crippen LogP contribution in [-0.2, 0) is 19.0 Å². The Morgan fingerprint density at radius 3 is 2.73 bits per heavy atom. The first-order chi connectivity index (χ1) is 7.25. The summed E-state index contributed by atoms with van der Waals surface area (Å²) in [7, 11) is 0. The Bertz CT molecular complexity index is 223. The number of carbonyl (C=O) groups excluding carboxylic acids is 1. The highest BCUT2D eigenvalue weighted by Crippen LogP contribution is 2.33. The van der Waals surface area contributed by atoms with E-state index in [-0.39, 0.29) is 18.4 Å². The molecule has 1 heterocycles. The Kier molecular flexibility index (Phi) is 3.59. The molecule has 2 rings (SSSR count). The maximum absolute atomic E-state index is 10.9. The van der Waals surface area contributed by atoms with Gasteiger partial charge in [0.25, 0.3) is 0 Å². The highest BCUT2D eigenvalue weighted by molar-refractivity contribution is 5.66. The second kappa shape index (κ2) is 4.94. The molecule has 0 radical (unpaired) electrons. The van der Waals surface area contributed by atoms with E-state index < -0.39 is 0 Å². The molecular formula is C11H18O4. The van der Waals surface area contributed by atoms with Crippen molar-refractivity contribution < 1.29 is 19.0 Å². The van der Waals surface area contributed by atoms with E-state index in [0.717, 1.165) is 25.7 Å². The molecular weight excluding hydrogens is 196 g/mol. The third-order valence-electron chi connectivity index (χ3n) is 3.09. The van der Waals surface area contributed by atoms with E-state index >= 15 is 0 Å². The van der Waals surface area contributed by atoms with Gasteiger partial charge in [0.05, 0.1) is 13.2 Å². The summed E-state index contributed by atoms with van der Waals surface area (Å²) in [5.41, 5.74) is 0. The third-order valence-corrected chi connectivity index (χ3v) is 3.09. The van der Waals surface area contributed by atoms with E-state index in [0.29, 0.717) is 19.1 Å². The van der Waals surface area contributed by atoms with Gasteiger partial charge >= 0.3 is 5.97 Å². The first kappa shape index (κ1) is 10.9. The molecule has 86 valence electrons. The number of carbonyl (C=O) groups is 1. The van der Waals surface area contributed by atoms with E-state index in [1.54, 1.807) is 0 Å². The molecule has 2 aliphatic rings. The molecule has 1 aliphatic carbocycles. The summed E-state index contributed by atoms with van der Waals surface area (Å²) in [5, 5.41) is 0. The maximum atomic E-state index is 10.9. The molecule has 0 aromatic carbocycles. The van der Waals surface area contributed by atoms with Crippen molar-refractivity contribution in [3.05, 3.63) is 0 Å². The second-order valence-electron chi connectivity index (χ2n) is 4.25. The predicted octanol–water partition coefficient (Wildman–Crippen LogP) is 1.48. The van der Waals surface area contributed by atoms with Gasteiger partial charge in [-0.15, -0.1) is 0 Å². The fourth-order valence-corrected chi connectivity index (χ4v) is 2.43. The number of hydrogen-bond donors (Lipinski definition) is 0. The zero-order valence-corrected chi connectivity index (χ0v) is 9.11. The van der Waals surface area contributed by atoms with E-state index in [2.05, 4.69) is 0 Å². The van der Waals surface area contributed by atoms with Crippen molar-refractivity contribution >= 4 is 5.97 Å². The van der Waals surface area contributed by atoms with Crippen molar-refractivity contribution in [2.75, 3.05) is 13.2 Å². The highest BCUT2D eigenvalue weighted by Gasteiger charge is 2.33. The van der Waals surface area contributed by atoms with Crippen LogP contribution in [0.5, 0.6) is 0 Å². The molecule has 4 nitrogen and oxygen atoms in total. The van der Waals surface area contributed by atoms with Crippen molar-refractivity contribution in [1.82, 2.24) is 0 Å². The zero-order chi connectivity index (χ0) is 10.7. The quantitative estimate of drug-likeness (QED) is 0.667. The van der Waals surface area contributed by atoms with Crippen LogP contribution in [0.3, 0.4) is 0 Å². The van der Waals surface area contributed by atoms with Crippen LogP contribution in [0.15, 0.2) is 0 Å². The topological polar surface area (TPSA) is 44.8 Å². The zero-order valence-electron chi connectivity index (χ0n) is 9.11. The van der Waals surface area contributed by atoms with Gasteiger partial charge in [0.15, 0.2) is 6.29 Å². The highest BCUT2D eigenvalue weighted by atomic mass is 16.7. The number of esters is 1. The van der Waals surface area contributed by atoms with Crippen molar-refractivity contribution in [3.63, 3.8) is 0 Å². The minimum Gasteiger partial charge on any atom is -0.462 e. The molecule has 0 amide bonds. The van der Waals surface area contributed by atoms with Crippen molar-refractivity contribution in [3.8, 4) is 0 Å². The van der Waals surface area contributed by atoms with Gasteiger partial charge in [-0.2, -0.15) is 0 Å². The van der Waals surface area contributed by atoms with E-state index in [1.165, 1.54) is 6.92 Å². The van der Waals surface area contributed by atoms with Crippen LogP contribution in [0.2, 0.25) is 0 Å². The molecule has 0 spiro atoms. The summed E-state index contributed by atoms with van der Waals surface area (Å²) in [5.74, 6) is 0.233. The van der Waals surface area contributed by atoms with E-state index in [9.17, 15) is 4.79 Å². The van der Waals surface area contributed by atoms with Gasteiger partial charge < -0.3 is 14.2 Å². The first-order valence-corrected chi connectivity index (χ1v) is 5.66. The molecule has 0 aromatic heterocycles. The number of ether oxygens (including phenoxy) is 3. The smallest absolute Gasteiger partial charge is 0.302 e. The van der Waals surface area contributed by atoms with Crippen molar-refractivity contribution in [2.24, 2.45) is 5.92 Å². The van der Waals surface area contributed by atoms with Crippen LogP contribution < -0.4 is 0 Å². The van der Waals surface area contributed by atoms with Crippen LogP contribution in [0.25, 0.3) is 0 Å². The summed E-state index contributed by atoms with van der Waals surface area (Å²) >= 11 is 0.